The van der Waals surface area contributed by atoms with Crippen LogP contribution in [0, 0.1) is 11.6 Å². The number of anilines is 1. The molecule has 22 heavy (non-hydrogen) atoms. The van der Waals surface area contributed by atoms with Gasteiger partial charge in [-0.1, -0.05) is 12.1 Å². The molecular formula is C16H15F2NO3. The molecule has 1 amide bonds. The summed E-state index contributed by atoms with van der Waals surface area (Å²) in [6, 6.07) is 9.77. The summed E-state index contributed by atoms with van der Waals surface area (Å²) < 4.78 is 31.4. The van der Waals surface area contributed by atoms with Gasteiger partial charge in [0.15, 0.2) is 17.7 Å². The number of rotatable bonds is 5. The van der Waals surface area contributed by atoms with Crippen LogP contribution in [0.25, 0.3) is 0 Å². The van der Waals surface area contributed by atoms with Gasteiger partial charge in [-0.3, -0.25) is 4.79 Å². The lowest BCUT2D eigenvalue weighted by Crippen LogP contribution is -2.30. The van der Waals surface area contributed by atoms with Crippen molar-refractivity contribution in [3.8, 4) is 5.75 Å². The van der Waals surface area contributed by atoms with Crippen molar-refractivity contribution in [3.05, 3.63) is 59.7 Å². The summed E-state index contributed by atoms with van der Waals surface area (Å²) >= 11 is 0. The van der Waals surface area contributed by atoms with Gasteiger partial charge in [0, 0.05) is 11.8 Å². The number of ether oxygens (including phenoxy) is 1. The SMILES string of the molecule is CC(Oc1cccc(CO)c1)C(=O)Nc1ccc(F)c(F)c1. The Hall–Kier alpha value is -2.47. The van der Waals surface area contributed by atoms with Gasteiger partial charge in [-0.2, -0.15) is 0 Å². The number of carbonyl (C=O) groups is 1. The Bertz CT molecular complexity index is 676. The van der Waals surface area contributed by atoms with E-state index in [9.17, 15) is 13.6 Å². The number of aliphatic hydroxyl groups excluding tert-OH is 1. The topological polar surface area (TPSA) is 58.6 Å². The van der Waals surface area contributed by atoms with E-state index in [-0.39, 0.29) is 12.3 Å². The Morgan fingerprint density at radius 1 is 1.23 bits per heavy atom. The van der Waals surface area contributed by atoms with E-state index in [0.717, 1.165) is 12.1 Å². The third kappa shape index (κ3) is 4.02. The van der Waals surface area contributed by atoms with Crippen molar-refractivity contribution in [3.63, 3.8) is 0 Å². The summed E-state index contributed by atoms with van der Waals surface area (Å²) in [4.78, 5) is 12.0. The minimum Gasteiger partial charge on any atom is -0.481 e. The number of benzene rings is 2. The van der Waals surface area contributed by atoms with Gasteiger partial charge in [-0.15, -0.1) is 0 Å². The molecular weight excluding hydrogens is 292 g/mol. The minimum atomic E-state index is -1.04. The highest BCUT2D eigenvalue weighted by Gasteiger charge is 2.15. The third-order valence-electron chi connectivity index (χ3n) is 2.95. The predicted molar refractivity (Wildman–Crippen MR) is 77.4 cm³/mol. The average Bonchev–Trinajstić information content (AvgIpc) is 2.51. The van der Waals surface area contributed by atoms with Crippen LogP contribution in [0.2, 0.25) is 0 Å². The van der Waals surface area contributed by atoms with Crippen LogP contribution in [0.5, 0.6) is 5.75 Å². The van der Waals surface area contributed by atoms with Gasteiger partial charge in [-0.25, -0.2) is 8.78 Å². The van der Waals surface area contributed by atoms with E-state index >= 15 is 0 Å². The highest BCUT2D eigenvalue weighted by molar-refractivity contribution is 5.94. The smallest absolute Gasteiger partial charge is 0.265 e. The molecule has 0 radical (unpaired) electrons. The predicted octanol–water partition coefficient (Wildman–Crippen LogP) is 2.86. The molecule has 2 N–H and O–H groups in total. The van der Waals surface area contributed by atoms with E-state index in [2.05, 4.69) is 5.32 Å². The fourth-order valence-electron chi connectivity index (χ4n) is 1.79. The first-order chi connectivity index (χ1) is 10.5. The van der Waals surface area contributed by atoms with Crippen molar-refractivity contribution < 1.29 is 23.4 Å². The van der Waals surface area contributed by atoms with Crippen molar-refractivity contribution in [1.82, 2.24) is 0 Å². The van der Waals surface area contributed by atoms with Gasteiger partial charge in [0.1, 0.15) is 5.75 Å². The standard InChI is InChI=1S/C16H15F2NO3/c1-10(22-13-4-2-3-11(7-13)9-20)16(21)19-12-5-6-14(17)15(18)8-12/h2-8,10,20H,9H2,1H3,(H,19,21). The second kappa shape index (κ2) is 7.00. The lowest BCUT2D eigenvalue weighted by Gasteiger charge is -2.15. The second-order valence-electron chi connectivity index (χ2n) is 4.68. The van der Waals surface area contributed by atoms with Crippen molar-refractivity contribution in [2.45, 2.75) is 19.6 Å². The van der Waals surface area contributed by atoms with Gasteiger partial charge in [0.05, 0.1) is 6.61 Å². The van der Waals surface area contributed by atoms with Crippen molar-refractivity contribution >= 4 is 11.6 Å². The van der Waals surface area contributed by atoms with E-state index in [1.54, 1.807) is 24.3 Å². The lowest BCUT2D eigenvalue weighted by molar-refractivity contribution is -0.122. The average molecular weight is 307 g/mol. The number of amides is 1. The first-order valence-electron chi connectivity index (χ1n) is 6.62. The molecule has 0 aliphatic rings. The highest BCUT2D eigenvalue weighted by atomic mass is 19.2. The minimum absolute atomic E-state index is 0.132. The van der Waals surface area contributed by atoms with Crippen LogP contribution in [-0.4, -0.2) is 17.1 Å². The fourth-order valence-corrected chi connectivity index (χ4v) is 1.79. The van der Waals surface area contributed by atoms with Crippen LogP contribution in [0.1, 0.15) is 12.5 Å². The van der Waals surface area contributed by atoms with E-state index in [4.69, 9.17) is 9.84 Å². The number of aliphatic hydroxyl groups is 1. The molecule has 0 saturated carbocycles. The van der Waals surface area contributed by atoms with Crippen molar-refractivity contribution in [2.75, 3.05) is 5.32 Å². The van der Waals surface area contributed by atoms with Gasteiger partial charge in [0.25, 0.3) is 5.91 Å². The van der Waals surface area contributed by atoms with Crippen LogP contribution < -0.4 is 10.1 Å². The molecule has 2 rings (SSSR count). The van der Waals surface area contributed by atoms with E-state index < -0.39 is 23.6 Å². The van der Waals surface area contributed by atoms with E-state index in [1.807, 2.05) is 0 Å². The van der Waals surface area contributed by atoms with Gasteiger partial charge in [0.2, 0.25) is 0 Å². The molecule has 116 valence electrons. The molecule has 0 spiro atoms. The summed E-state index contributed by atoms with van der Waals surface area (Å²) in [6.07, 6.45) is -0.845. The maximum atomic E-state index is 13.1. The Kier molecular flexibility index (Phi) is 5.06. The van der Waals surface area contributed by atoms with Crippen molar-refractivity contribution in [2.24, 2.45) is 0 Å². The zero-order valence-electron chi connectivity index (χ0n) is 11.8. The zero-order valence-corrected chi connectivity index (χ0v) is 11.8. The Balaban J connectivity index is 2.00. The molecule has 4 nitrogen and oxygen atoms in total. The summed E-state index contributed by atoms with van der Waals surface area (Å²) in [5.41, 5.74) is 0.800. The summed E-state index contributed by atoms with van der Waals surface area (Å²) in [5, 5.41) is 11.5. The quantitative estimate of drug-likeness (QED) is 0.893. The molecule has 1 unspecified atom stereocenters. The molecule has 0 fully saturated rings. The van der Waals surface area contributed by atoms with Crippen LogP contribution >= 0.6 is 0 Å². The second-order valence-corrected chi connectivity index (χ2v) is 4.68. The maximum absolute atomic E-state index is 13.1. The summed E-state index contributed by atoms with van der Waals surface area (Å²) in [5.74, 6) is -2.09. The monoisotopic (exact) mass is 307 g/mol. The largest absolute Gasteiger partial charge is 0.481 e. The van der Waals surface area contributed by atoms with Crippen LogP contribution in [0.3, 0.4) is 0 Å². The molecule has 2 aromatic rings. The van der Waals surface area contributed by atoms with E-state index in [1.165, 1.54) is 13.0 Å². The summed E-state index contributed by atoms with van der Waals surface area (Å²) in [7, 11) is 0. The Morgan fingerprint density at radius 2 is 2.00 bits per heavy atom. The molecule has 0 saturated heterocycles. The maximum Gasteiger partial charge on any atom is 0.265 e. The number of carbonyl (C=O) groups excluding carboxylic acids is 1. The number of hydrogen-bond donors (Lipinski definition) is 2. The summed E-state index contributed by atoms with van der Waals surface area (Å²) in [6.45, 7) is 1.40. The van der Waals surface area contributed by atoms with Gasteiger partial charge in [-0.05, 0) is 36.8 Å². The molecule has 0 aromatic heterocycles. The molecule has 1 atom stereocenters. The van der Waals surface area contributed by atoms with Crippen LogP contribution in [-0.2, 0) is 11.4 Å². The number of hydrogen-bond acceptors (Lipinski definition) is 3. The first-order valence-corrected chi connectivity index (χ1v) is 6.62. The molecule has 0 heterocycles. The molecule has 0 aliphatic heterocycles. The lowest BCUT2D eigenvalue weighted by atomic mass is 10.2. The van der Waals surface area contributed by atoms with Gasteiger partial charge >= 0.3 is 0 Å². The fraction of sp³-hybridized carbons (Fsp3) is 0.188. The van der Waals surface area contributed by atoms with Gasteiger partial charge < -0.3 is 15.2 Å². The molecule has 0 bridgehead atoms. The van der Waals surface area contributed by atoms with E-state index in [0.29, 0.717) is 11.3 Å². The normalized spacial score (nSPS) is 11.8. The van der Waals surface area contributed by atoms with Crippen LogP contribution in [0.15, 0.2) is 42.5 Å². The molecule has 2 aromatic carbocycles. The Labute approximate surface area is 126 Å². The number of nitrogens with one attached hydrogen (secondary N) is 1. The highest BCUT2D eigenvalue weighted by Crippen LogP contribution is 2.17. The Morgan fingerprint density at radius 3 is 2.68 bits per heavy atom. The molecule has 6 heteroatoms. The van der Waals surface area contributed by atoms with Crippen molar-refractivity contribution in [1.29, 1.82) is 0 Å². The zero-order chi connectivity index (χ0) is 16.1. The molecule has 0 aliphatic carbocycles. The number of halogens is 2. The third-order valence-corrected chi connectivity index (χ3v) is 2.95. The first kappa shape index (κ1) is 15.9. The van der Waals surface area contributed by atoms with Crippen LogP contribution in [0.4, 0.5) is 14.5 Å².